The Morgan fingerprint density at radius 3 is 2.81 bits per heavy atom. The van der Waals surface area contributed by atoms with Gasteiger partial charge in [-0.25, -0.2) is 9.37 Å². The fourth-order valence-corrected chi connectivity index (χ4v) is 1.65. The van der Waals surface area contributed by atoms with Crippen molar-refractivity contribution >= 4 is 0 Å². The molecule has 0 aliphatic rings. The van der Waals surface area contributed by atoms with Crippen LogP contribution in [0.2, 0.25) is 0 Å². The van der Waals surface area contributed by atoms with E-state index in [9.17, 15) is 4.39 Å². The molecule has 0 fully saturated rings. The zero-order valence-corrected chi connectivity index (χ0v) is 9.03. The lowest BCUT2D eigenvalue weighted by Gasteiger charge is -2.04. The summed E-state index contributed by atoms with van der Waals surface area (Å²) < 4.78 is 14.9. The highest BCUT2D eigenvalue weighted by molar-refractivity contribution is 5.65. The molecule has 1 aromatic heterocycles. The van der Waals surface area contributed by atoms with Gasteiger partial charge in [-0.2, -0.15) is 5.26 Å². The molecule has 0 N–H and O–H groups in total. The molecular formula is C12H10FN3. The number of halogens is 1. The number of rotatable bonds is 1. The Kier molecular flexibility index (Phi) is 2.45. The van der Waals surface area contributed by atoms with Gasteiger partial charge in [0.25, 0.3) is 0 Å². The van der Waals surface area contributed by atoms with Crippen LogP contribution in [0.3, 0.4) is 0 Å². The summed E-state index contributed by atoms with van der Waals surface area (Å²) >= 11 is 0. The minimum Gasteiger partial charge on any atom is -0.330 e. The van der Waals surface area contributed by atoms with E-state index in [1.54, 1.807) is 16.7 Å². The van der Waals surface area contributed by atoms with Gasteiger partial charge in [-0.05, 0) is 19.1 Å². The average Bonchev–Trinajstić information content (AvgIpc) is 2.55. The normalized spacial score (nSPS) is 10.1. The smallest absolute Gasteiger partial charge is 0.166 e. The number of benzene rings is 1. The molecule has 0 unspecified atom stereocenters. The number of hydrogen-bond acceptors (Lipinski definition) is 2. The summed E-state index contributed by atoms with van der Waals surface area (Å²) in [6.07, 6.45) is 0. The molecule has 2 rings (SSSR count). The molecule has 4 heteroatoms. The van der Waals surface area contributed by atoms with E-state index in [4.69, 9.17) is 5.26 Å². The number of nitrogens with zero attached hydrogens (tertiary/aromatic N) is 3. The minimum atomic E-state index is -0.319. The molecule has 1 heterocycles. The molecule has 3 nitrogen and oxygen atoms in total. The first-order valence-corrected chi connectivity index (χ1v) is 4.83. The highest BCUT2D eigenvalue weighted by Gasteiger charge is 2.13. The van der Waals surface area contributed by atoms with Gasteiger partial charge in [0.05, 0.1) is 5.69 Å². The first-order chi connectivity index (χ1) is 7.63. The number of aromatic nitrogens is 2. The van der Waals surface area contributed by atoms with Gasteiger partial charge in [-0.3, -0.25) is 0 Å². The Morgan fingerprint density at radius 2 is 2.19 bits per heavy atom. The van der Waals surface area contributed by atoms with E-state index in [0.717, 1.165) is 5.82 Å². The van der Waals surface area contributed by atoms with Crippen LogP contribution in [0.25, 0.3) is 11.3 Å². The highest BCUT2D eigenvalue weighted by atomic mass is 19.1. The molecule has 16 heavy (non-hydrogen) atoms. The number of hydrogen-bond donors (Lipinski definition) is 0. The number of aryl methyl sites for hydroxylation is 1. The summed E-state index contributed by atoms with van der Waals surface area (Å²) in [6.45, 7) is 1.81. The molecule has 0 atom stereocenters. The second-order valence-electron chi connectivity index (χ2n) is 3.54. The molecular weight excluding hydrogens is 205 g/mol. The zero-order valence-electron chi connectivity index (χ0n) is 9.03. The lowest BCUT2D eigenvalue weighted by Crippen LogP contribution is -1.95. The largest absolute Gasteiger partial charge is 0.330 e. The van der Waals surface area contributed by atoms with Crippen molar-refractivity contribution in [2.45, 2.75) is 6.92 Å². The third kappa shape index (κ3) is 1.57. The van der Waals surface area contributed by atoms with Crippen LogP contribution in [-0.2, 0) is 7.05 Å². The van der Waals surface area contributed by atoms with E-state index in [-0.39, 0.29) is 5.82 Å². The van der Waals surface area contributed by atoms with Gasteiger partial charge in [0.15, 0.2) is 5.69 Å². The van der Waals surface area contributed by atoms with Crippen molar-refractivity contribution in [1.82, 2.24) is 9.55 Å². The zero-order chi connectivity index (χ0) is 11.7. The Morgan fingerprint density at radius 1 is 1.44 bits per heavy atom. The quantitative estimate of drug-likeness (QED) is 0.733. The van der Waals surface area contributed by atoms with Gasteiger partial charge >= 0.3 is 0 Å². The summed E-state index contributed by atoms with van der Waals surface area (Å²) in [6, 6.07) is 8.18. The van der Waals surface area contributed by atoms with Gasteiger partial charge in [-0.1, -0.05) is 12.1 Å². The first kappa shape index (κ1) is 10.4. The van der Waals surface area contributed by atoms with E-state index in [1.807, 2.05) is 20.0 Å². The molecule has 0 amide bonds. The standard InChI is InChI=1S/C12H10FN3/c1-8-15-11(7-14)12(16(8)2)9-4-3-5-10(13)6-9/h3-6H,1-2H3. The Hall–Kier alpha value is -2.15. The van der Waals surface area contributed by atoms with Crippen LogP contribution < -0.4 is 0 Å². The fourth-order valence-electron chi connectivity index (χ4n) is 1.65. The van der Waals surface area contributed by atoms with Gasteiger partial charge in [0.1, 0.15) is 17.7 Å². The van der Waals surface area contributed by atoms with Crippen molar-refractivity contribution in [2.75, 3.05) is 0 Å². The number of imidazole rings is 1. The Bertz CT molecular complexity index is 578. The lowest BCUT2D eigenvalue weighted by molar-refractivity contribution is 0.628. The van der Waals surface area contributed by atoms with Crippen molar-refractivity contribution in [3.63, 3.8) is 0 Å². The molecule has 2 aromatic rings. The molecule has 0 saturated heterocycles. The molecule has 0 aliphatic carbocycles. The predicted octanol–water partition coefficient (Wildman–Crippen LogP) is 2.41. The maximum absolute atomic E-state index is 13.1. The molecule has 80 valence electrons. The van der Waals surface area contributed by atoms with Gasteiger partial charge in [0, 0.05) is 12.6 Å². The van der Waals surface area contributed by atoms with Crippen LogP contribution in [0.15, 0.2) is 24.3 Å². The molecule has 0 spiro atoms. The van der Waals surface area contributed by atoms with Crippen LogP contribution in [0.1, 0.15) is 11.5 Å². The summed E-state index contributed by atoms with van der Waals surface area (Å²) in [5, 5.41) is 8.97. The van der Waals surface area contributed by atoms with E-state index >= 15 is 0 Å². The van der Waals surface area contributed by atoms with E-state index < -0.39 is 0 Å². The SMILES string of the molecule is Cc1nc(C#N)c(-c2cccc(F)c2)n1C. The van der Waals surface area contributed by atoms with E-state index in [0.29, 0.717) is 17.0 Å². The Balaban J connectivity index is 2.69. The van der Waals surface area contributed by atoms with E-state index in [1.165, 1.54) is 12.1 Å². The van der Waals surface area contributed by atoms with E-state index in [2.05, 4.69) is 4.98 Å². The predicted molar refractivity (Wildman–Crippen MR) is 58.1 cm³/mol. The van der Waals surface area contributed by atoms with Gasteiger partial charge in [0.2, 0.25) is 0 Å². The van der Waals surface area contributed by atoms with Crippen molar-refractivity contribution < 1.29 is 4.39 Å². The van der Waals surface area contributed by atoms with Crippen molar-refractivity contribution in [3.8, 4) is 17.3 Å². The summed E-state index contributed by atoms with van der Waals surface area (Å²) in [5.41, 5.74) is 1.64. The van der Waals surface area contributed by atoms with Crippen LogP contribution >= 0.6 is 0 Å². The fraction of sp³-hybridized carbons (Fsp3) is 0.167. The summed E-state index contributed by atoms with van der Waals surface area (Å²) in [4.78, 5) is 4.11. The topological polar surface area (TPSA) is 41.6 Å². The average molecular weight is 215 g/mol. The first-order valence-electron chi connectivity index (χ1n) is 4.83. The van der Waals surface area contributed by atoms with Gasteiger partial charge < -0.3 is 4.57 Å². The molecule has 0 radical (unpaired) electrons. The summed E-state index contributed by atoms with van der Waals surface area (Å²) in [7, 11) is 1.81. The molecule has 0 saturated carbocycles. The second kappa shape index (κ2) is 3.78. The third-order valence-electron chi connectivity index (χ3n) is 2.52. The second-order valence-corrected chi connectivity index (χ2v) is 3.54. The molecule has 1 aromatic carbocycles. The monoisotopic (exact) mass is 215 g/mol. The summed E-state index contributed by atoms with van der Waals surface area (Å²) in [5.74, 6) is 0.413. The lowest BCUT2D eigenvalue weighted by atomic mass is 10.1. The molecule has 0 bridgehead atoms. The van der Waals surface area contributed by atoms with Crippen molar-refractivity contribution in [1.29, 1.82) is 5.26 Å². The number of nitriles is 1. The van der Waals surface area contributed by atoms with Crippen LogP contribution in [0, 0.1) is 24.1 Å². The molecule has 0 aliphatic heterocycles. The maximum atomic E-state index is 13.1. The Labute approximate surface area is 92.8 Å². The van der Waals surface area contributed by atoms with Crippen molar-refractivity contribution in [2.24, 2.45) is 7.05 Å². The van der Waals surface area contributed by atoms with Crippen LogP contribution in [0.4, 0.5) is 4.39 Å². The third-order valence-corrected chi connectivity index (χ3v) is 2.52. The highest BCUT2D eigenvalue weighted by Crippen LogP contribution is 2.24. The minimum absolute atomic E-state index is 0.319. The maximum Gasteiger partial charge on any atom is 0.166 e. The van der Waals surface area contributed by atoms with Crippen LogP contribution in [0.5, 0.6) is 0 Å². The van der Waals surface area contributed by atoms with Gasteiger partial charge in [-0.15, -0.1) is 0 Å². The van der Waals surface area contributed by atoms with Crippen molar-refractivity contribution in [3.05, 3.63) is 41.6 Å². The van der Waals surface area contributed by atoms with Crippen LogP contribution in [-0.4, -0.2) is 9.55 Å².